The van der Waals surface area contributed by atoms with E-state index in [0.717, 1.165) is 5.56 Å². The van der Waals surface area contributed by atoms with E-state index in [0.29, 0.717) is 5.56 Å². The quantitative estimate of drug-likeness (QED) is 0.771. The van der Waals surface area contributed by atoms with E-state index in [1.807, 2.05) is 6.92 Å². The molecule has 2 N–H and O–H groups in total. The van der Waals surface area contributed by atoms with E-state index >= 15 is 0 Å². The molecule has 0 bridgehead atoms. The molecule has 0 aliphatic rings. The lowest BCUT2D eigenvalue weighted by molar-refractivity contribution is -0.135. The van der Waals surface area contributed by atoms with Crippen molar-refractivity contribution in [2.75, 3.05) is 0 Å². The number of rotatable bonds is 3. The highest BCUT2D eigenvalue weighted by Crippen LogP contribution is 2.19. The SMILES string of the molecule is Cc1ccc(O)c(C=CCC(=O)O)c1. The van der Waals surface area contributed by atoms with Gasteiger partial charge in [-0.15, -0.1) is 0 Å². The lowest BCUT2D eigenvalue weighted by atomic mass is 10.1. The van der Waals surface area contributed by atoms with Crippen molar-refractivity contribution in [3.05, 3.63) is 35.4 Å². The van der Waals surface area contributed by atoms with Gasteiger partial charge in [0.2, 0.25) is 0 Å². The van der Waals surface area contributed by atoms with Gasteiger partial charge in [-0.25, -0.2) is 0 Å². The summed E-state index contributed by atoms with van der Waals surface area (Å²) in [5.74, 6) is -0.717. The minimum absolute atomic E-state index is 0.0343. The van der Waals surface area contributed by atoms with Crippen LogP contribution in [0.1, 0.15) is 17.5 Å². The van der Waals surface area contributed by atoms with Crippen molar-refractivity contribution < 1.29 is 15.0 Å². The molecule has 1 rings (SSSR count). The van der Waals surface area contributed by atoms with Gasteiger partial charge in [0.05, 0.1) is 6.42 Å². The molecule has 14 heavy (non-hydrogen) atoms. The predicted molar refractivity (Wildman–Crippen MR) is 54.1 cm³/mol. The zero-order valence-corrected chi connectivity index (χ0v) is 7.90. The van der Waals surface area contributed by atoms with Crippen molar-refractivity contribution in [2.24, 2.45) is 0 Å². The summed E-state index contributed by atoms with van der Waals surface area (Å²) in [5, 5.41) is 17.8. The standard InChI is InChI=1S/C11H12O3/c1-8-5-6-10(12)9(7-8)3-2-4-11(13)14/h2-3,5-7,12H,4H2,1H3,(H,13,14). The topological polar surface area (TPSA) is 57.5 Å². The fraction of sp³-hybridized carbons (Fsp3) is 0.182. The second-order valence-corrected chi connectivity index (χ2v) is 3.06. The first-order valence-electron chi connectivity index (χ1n) is 4.27. The molecule has 3 heteroatoms. The molecule has 0 radical (unpaired) electrons. The number of aliphatic carboxylic acids is 1. The minimum atomic E-state index is -0.881. The van der Waals surface area contributed by atoms with Gasteiger partial charge in [-0.05, 0) is 19.1 Å². The first-order valence-corrected chi connectivity index (χ1v) is 4.27. The minimum Gasteiger partial charge on any atom is -0.507 e. The molecule has 3 nitrogen and oxygen atoms in total. The predicted octanol–water partition coefficient (Wildman–Crippen LogP) is 2.19. The molecule has 0 saturated heterocycles. The molecule has 0 unspecified atom stereocenters. The van der Waals surface area contributed by atoms with Gasteiger partial charge in [-0.2, -0.15) is 0 Å². The summed E-state index contributed by atoms with van der Waals surface area (Å²) in [5.41, 5.74) is 1.67. The summed E-state index contributed by atoms with van der Waals surface area (Å²) in [6.07, 6.45) is 3.08. The van der Waals surface area contributed by atoms with E-state index in [1.54, 1.807) is 24.3 Å². The molecular weight excluding hydrogens is 180 g/mol. The second kappa shape index (κ2) is 4.46. The normalized spacial score (nSPS) is 10.6. The van der Waals surface area contributed by atoms with Gasteiger partial charge in [-0.3, -0.25) is 4.79 Å². The fourth-order valence-electron chi connectivity index (χ4n) is 1.09. The Morgan fingerprint density at radius 3 is 2.86 bits per heavy atom. The summed E-state index contributed by atoms with van der Waals surface area (Å²) in [6.45, 7) is 1.91. The maximum absolute atomic E-state index is 10.2. The monoisotopic (exact) mass is 192 g/mol. The molecule has 0 aliphatic heterocycles. The van der Waals surface area contributed by atoms with Gasteiger partial charge in [-0.1, -0.05) is 23.8 Å². The molecule has 0 amide bonds. The van der Waals surface area contributed by atoms with Crippen molar-refractivity contribution in [1.29, 1.82) is 0 Å². The van der Waals surface area contributed by atoms with Crippen LogP contribution in [0.3, 0.4) is 0 Å². The Morgan fingerprint density at radius 1 is 1.50 bits per heavy atom. The van der Waals surface area contributed by atoms with Gasteiger partial charge in [0.15, 0.2) is 0 Å². The first-order chi connectivity index (χ1) is 6.59. The zero-order chi connectivity index (χ0) is 10.6. The Morgan fingerprint density at radius 2 is 2.21 bits per heavy atom. The van der Waals surface area contributed by atoms with Gasteiger partial charge in [0.25, 0.3) is 0 Å². The number of carboxylic acid groups (broad SMARTS) is 1. The number of phenols is 1. The van der Waals surface area contributed by atoms with Crippen molar-refractivity contribution in [3.8, 4) is 5.75 Å². The number of hydrogen-bond acceptors (Lipinski definition) is 2. The van der Waals surface area contributed by atoms with Crippen molar-refractivity contribution in [1.82, 2.24) is 0 Å². The van der Waals surface area contributed by atoms with Crippen molar-refractivity contribution >= 4 is 12.0 Å². The van der Waals surface area contributed by atoms with Crippen LogP contribution >= 0.6 is 0 Å². The molecule has 0 aromatic heterocycles. The van der Waals surface area contributed by atoms with Crippen LogP contribution in [-0.4, -0.2) is 16.2 Å². The van der Waals surface area contributed by atoms with Gasteiger partial charge < -0.3 is 10.2 Å². The Kier molecular flexibility index (Phi) is 3.29. The zero-order valence-electron chi connectivity index (χ0n) is 7.90. The summed E-state index contributed by atoms with van der Waals surface area (Å²) in [6, 6.07) is 5.19. The second-order valence-electron chi connectivity index (χ2n) is 3.06. The van der Waals surface area contributed by atoms with E-state index in [2.05, 4.69) is 0 Å². The highest BCUT2D eigenvalue weighted by atomic mass is 16.4. The third-order valence-corrected chi connectivity index (χ3v) is 1.77. The summed E-state index contributed by atoms with van der Waals surface area (Å²) in [7, 11) is 0. The molecule has 0 aliphatic carbocycles. The Hall–Kier alpha value is -1.77. The van der Waals surface area contributed by atoms with Crippen LogP contribution in [0.4, 0.5) is 0 Å². The number of aryl methyl sites for hydroxylation is 1. The van der Waals surface area contributed by atoms with E-state index in [4.69, 9.17) is 5.11 Å². The van der Waals surface area contributed by atoms with E-state index < -0.39 is 5.97 Å². The molecule has 0 spiro atoms. The number of hydrogen-bond donors (Lipinski definition) is 2. The van der Waals surface area contributed by atoms with Gasteiger partial charge in [0.1, 0.15) is 5.75 Å². The lowest BCUT2D eigenvalue weighted by Crippen LogP contribution is -1.89. The van der Waals surface area contributed by atoms with E-state index in [9.17, 15) is 9.90 Å². The maximum atomic E-state index is 10.2. The summed E-state index contributed by atoms with van der Waals surface area (Å²) >= 11 is 0. The van der Waals surface area contributed by atoms with Crippen LogP contribution in [-0.2, 0) is 4.79 Å². The molecular formula is C11H12O3. The number of phenolic OH excluding ortho intramolecular Hbond substituents is 1. The van der Waals surface area contributed by atoms with Crippen LogP contribution in [0, 0.1) is 6.92 Å². The molecule has 74 valence electrons. The summed E-state index contributed by atoms with van der Waals surface area (Å²) in [4.78, 5) is 10.2. The molecule has 1 aromatic rings. The Balaban J connectivity index is 2.80. The number of aromatic hydroxyl groups is 1. The van der Waals surface area contributed by atoms with E-state index in [-0.39, 0.29) is 12.2 Å². The number of benzene rings is 1. The molecule has 0 heterocycles. The van der Waals surface area contributed by atoms with Crippen LogP contribution in [0.15, 0.2) is 24.3 Å². The van der Waals surface area contributed by atoms with Crippen molar-refractivity contribution in [2.45, 2.75) is 13.3 Å². The Bertz CT molecular complexity index is 367. The highest BCUT2D eigenvalue weighted by molar-refractivity contribution is 5.71. The van der Waals surface area contributed by atoms with Crippen molar-refractivity contribution in [3.63, 3.8) is 0 Å². The average Bonchev–Trinajstić information content (AvgIpc) is 2.10. The van der Waals surface area contributed by atoms with E-state index in [1.165, 1.54) is 6.08 Å². The van der Waals surface area contributed by atoms with Gasteiger partial charge >= 0.3 is 5.97 Å². The van der Waals surface area contributed by atoms with Crippen LogP contribution < -0.4 is 0 Å². The Labute approximate surface area is 82.3 Å². The number of carbonyl (C=O) groups is 1. The molecule has 1 aromatic carbocycles. The molecule has 0 saturated carbocycles. The van der Waals surface area contributed by atoms with Gasteiger partial charge in [0, 0.05) is 5.56 Å². The largest absolute Gasteiger partial charge is 0.507 e. The molecule has 0 atom stereocenters. The fourth-order valence-corrected chi connectivity index (χ4v) is 1.09. The first kappa shape index (κ1) is 10.3. The maximum Gasteiger partial charge on any atom is 0.307 e. The highest BCUT2D eigenvalue weighted by Gasteiger charge is 1.97. The van der Waals surface area contributed by atoms with Crippen LogP contribution in [0.5, 0.6) is 5.75 Å². The average molecular weight is 192 g/mol. The summed E-state index contributed by atoms with van der Waals surface area (Å²) < 4.78 is 0. The van der Waals surface area contributed by atoms with Crippen LogP contribution in [0.25, 0.3) is 6.08 Å². The third-order valence-electron chi connectivity index (χ3n) is 1.77. The smallest absolute Gasteiger partial charge is 0.307 e. The number of carboxylic acids is 1. The lowest BCUT2D eigenvalue weighted by Gasteiger charge is -1.99. The van der Waals surface area contributed by atoms with Crippen LogP contribution in [0.2, 0.25) is 0 Å². The molecule has 0 fully saturated rings. The third kappa shape index (κ3) is 2.94.